The van der Waals surface area contributed by atoms with Crippen LogP contribution in [0.5, 0.6) is 0 Å². The van der Waals surface area contributed by atoms with Gasteiger partial charge in [0.25, 0.3) is 0 Å². The number of nitrogens with zero attached hydrogens (tertiary/aromatic N) is 8. The Morgan fingerprint density at radius 1 is 0.980 bits per heavy atom. The zero-order valence-corrected chi connectivity index (χ0v) is 30.1. The van der Waals surface area contributed by atoms with Crippen LogP contribution in [0.4, 0.5) is 10.6 Å². The number of hydrogen-bond acceptors (Lipinski definition) is 12. The molecule has 2 N–H and O–H groups in total. The van der Waals surface area contributed by atoms with E-state index < -0.39 is 0 Å². The van der Waals surface area contributed by atoms with Crippen molar-refractivity contribution in [2.24, 2.45) is 5.92 Å². The lowest BCUT2D eigenvalue weighted by molar-refractivity contribution is 0.0315. The van der Waals surface area contributed by atoms with Crippen molar-refractivity contribution < 1.29 is 18.2 Å². The van der Waals surface area contributed by atoms with Crippen molar-refractivity contribution >= 4 is 35.0 Å². The molecule has 13 nitrogen and oxygen atoms in total. The molecule has 5 heterocycles. The van der Waals surface area contributed by atoms with E-state index in [-0.39, 0.29) is 30.1 Å². The van der Waals surface area contributed by atoms with Gasteiger partial charge in [-0.15, -0.1) is 0 Å². The van der Waals surface area contributed by atoms with Crippen LogP contribution in [-0.2, 0) is 8.92 Å². The summed E-state index contributed by atoms with van der Waals surface area (Å²) >= 11 is 1.42. The third-order valence-electron chi connectivity index (χ3n) is 9.81. The van der Waals surface area contributed by atoms with Crippen LogP contribution in [0, 0.1) is 5.92 Å². The number of nitrogens with two attached hydrogens (primary N) is 1. The molecule has 264 valence electrons. The number of carbonyl (C=O) groups is 1. The minimum Gasteiger partial charge on any atom is -0.446 e. The van der Waals surface area contributed by atoms with Gasteiger partial charge in [0.2, 0.25) is 0 Å². The molecule has 2 saturated carbocycles. The fourth-order valence-corrected chi connectivity index (χ4v) is 7.22. The summed E-state index contributed by atoms with van der Waals surface area (Å²) in [6, 6.07) is 0.0537. The molecule has 7 rings (SSSR count). The quantitative estimate of drug-likeness (QED) is 0.129. The Labute approximate surface area is 292 Å². The highest BCUT2D eigenvalue weighted by molar-refractivity contribution is 7.93. The number of carbonyl (C=O) groups excluding carboxylic acids is 1. The summed E-state index contributed by atoms with van der Waals surface area (Å²) in [6.07, 6.45) is 15.9. The van der Waals surface area contributed by atoms with E-state index in [1.54, 1.807) is 0 Å². The molecule has 0 aromatic carbocycles. The van der Waals surface area contributed by atoms with Crippen LogP contribution in [0.1, 0.15) is 115 Å². The Morgan fingerprint density at radius 2 is 1.69 bits per heavy atom. The zero-order valence-electron chi connectivity index (χ0n) is 29.3. The molecule has 4 aromatic heterocycles. The standard InChI is InChI=1S/C33H43N9O4S.C2H6/c1-19(2)42-32-26(30(34)37-18-38-32)27(39-42)28-25(29(46-40-28)22-6-7-22)31-35-16-23(17-36-31)21-10-13-41(14-11-21)33(43)45-24-8-4-20(5-9-24)12-15-44-47-3;1-2/h16-22,24H,4-15H2,1-3H3,(H2,34,37,38);1-2H3. The van der Waals surface area contributed by atoms with Gasteiger partial charge in [-0.05, 0) is 101 Å². The third kappa shape index (κ3) is 7.69. The molecule has 1 aliphatic heterocycles. The summed E-state index contributed by atoms with van der Waals surface area (Å²) in [4.78, 5) is 33.2. The number of anilines is 1. The molecular weight excluding hydrogens is 643 g/mol. The van der Waals surface area contributed by atoms with Crippen LogP contribution in [0.15, 0.2) is 23.2 Å². The first kappa shape index (κ1) is 35.1. The summed E-state index contributed by atoms with van der Waals surface area (Å²) in [6.45, 7) is 10.2. The number of fused-ring (bicyclic) bond motifs is 1. The minimum absolute atomic E-state index is 0.0165. The van der Waals surface area contributed by atoms with Crippen molar-refractivity contribution in [2.45, 2.75) is 109 Å². The van der Waals surface area contributed by atoms with Gasteiger partial charge < -0.3 is 24.1 Å². The molecule has 2 aliphatic carbocycles. The van der Waals surface area contributed by atoms with E-state index >= 15 is 0 Å². The number of ether oxygens (including phenoxy) is 1. The Kier molecular flexibility index (Phi) is 11.3. The first-order chi connectivity index (χ1) is 23.9. The van der Waals surface area contributed by atoms with E-state index in [1.807, 2.05) is 55.9 Å². The van der Waals surface area contributed by atoms with Crippen LogP contribution in [0.3, 0.4) is 0 Å². The summed E-state index contributed by atoms with van der Waals surface area (Å²) in [5, 5.41) is 10.0. The number of hydrogen-bond donors (Lipinski definition) is 1. The van der Waals surface area contributed by atoms with Gasteiger partial charge in [0.1, 0.15) is 29.6 Å². The predicted molar refractivity (Wildman–Crippen MR) is 190 cm³/mol. The lowest BCUT2D eigenvalue weighted by Crippen LogP contribution is -2.40. The minimum atomic E-state index is -0.185. The molecule has 0 unspecified atom stereocenters. The van der Waals surface area contributed by atoms with Crippen molar-refractivity contribution in [1.82, 2.24) is 39.8 Å². The van der Waals surface area contributed by atoms with Crippen LogP contribution in [0.25, 0.3) is 33.8 Å². The molecule has 3 fully saturated rings. The summed E-state index contributed by atoms with van der Waals surface area (Å²) < 4.78 is 19.1. The fourth-order valence-electron chi connectivity index (χ4n) is 6.95. The van der Waals surface area contributed by atoms with Crippen molar-refractivity contribution in [3.05, 3.63) is 30.0 Å². The first-order valence-corrected chi connectivity index (χ1v) is 19.0. The lowest BCUT2D eigenvalue weighted by atomic mass is 9.85. The van der Waals surface area contributed by atoms with Gasteiger partial charge in [-0.1, -0.05) is 19.0 Å². The number of piperidine rings is 1. The number of nitrogen functional groups attached to an aromatic ring is 1. The molecule has 1 amide bonds. The van der Waals surface area contributed by atoms with Gasteiger partial charge in [-0.3, -0.25) is 0 Å². The molecule has 3 aliphatic rings. The Hall–Kier alpha value is -3.78. The molecule has 49 heavy (non-hydrogen) atoms. The highest BCUT2D eigenvalue weighted by atomic mass is 32.2. The topological polar surface area (TPSA) is 160 Å². The molecule has 0 spiro atoms. The Balaban J connectivity index is 0.00000205. The summed E-state index contributed by atoms with van der Waals surface area (Å²) in [7, 11) is 0. The Morgan fingerprint density at radius 3 is 2.35 bits per heavy atom. The van der Waals surface area contributed by atoms with Crippen molar-refractivity contribution in [3.8, 4) is 22.8 Å². The van der Waals surface area contributed by atoms with Crippen LogP contribution in [0.2, 0.25) is 0 Å². The molecule has 0 bridgehead atoms. The molecule has 0 radical (unpaired) electrons. The first-order valence-electron chi connectivity index (χ1n) is 17.8. The van der Waals surface area contributed by atoms with Gasteiger partial charge in [0, 0.05) is 43.7 Å². The van der Waals surface area contributed by atoms with Crippen LogP contribution >= 0.6 is 12.0 Å². The molecular formula is C35H49N9O4S. The monoisotopic (exact) mass is 691 g/mol. The van der Waals surface area contributed by atoms with E-state index in [0.717, 1.165) is 81.3 Å². The number of amides is 1. The molecule has 4 aromatic rings. The highest BCUT2D eigenvalue weighted by Gasteiger charge is 2.36. The number of aromatic nitrogens is 7. The molecule has 14 heteroatoms. The maximum absolute atomic E-state index is 13.0. The highest BCUT2D eigenvalue weighted by Crippen LogP contribution is 2.48. The largest absolute Gasteiger partial charge is 0.446 e. The zero-order chi connectivity index (χ0) is 34.5. The fraction of sp³-hybridized carbons (Fsp3) is 0.629. The van der Waals surface area contributed by atoms with E-state index in [9.17, 15) is 4.79 Å². The average Bonchev–Trinajstić information content (AvgIpc) is 3.75. The SMILES string of the molecule is CC.CSOCCC1CCC(OC(=O)N2CCC(c3cnc(-c4c(-c5nn(C(C)C)c6ncnc(N)c56)noc4C4CC4)nc3)CC2)CC1. The summed E-state index contributed by atoms with van der Waals surface area (Å²) in [5.41, 5.74) is 9.92. The third-order valence-corrected chi connectivity index (χ3v) is 10.2. The Bertz CT molecular complexity index is 1690. The second-order valence-corrected chi connectivity index (χ2v) is 13.9. The van der Waals surface area contributed by atoms with E-state index in [4.69, 9.17) is 34.2 Å². The van der Waals surface area contributed by atoms with Crippen molar-refractivity contribution in [3.63, 3.8) is 0 Å². The maximum atomic E-state index is 13.0. The van der Waals surface area contributed by atoms with E-state index in [0.29, 0.717) is 53.1 Å². The van der Waals surface area contributed by atoms with Gasteiger partial charge in [0.15, 0.2) is 17.2 Å². The van der Waals surface area contributed by atoms with Gasteiger partial charge >= 0.3 is 6.09 Å². The number of likely N-dealkylation sites (tertiary alicyclic amines) is 1. The molecule has 1 saturated heterocycles. The van der Waals surface area contributed by atoms with Crippen molar-refractivity contribution in [2.75, 3.05) is 31.7 Å². The van der Waals surface area contributed by atoms with Crippen LogP contribution < -0.4 is 5.73 Å². The second kappa shape index (κ2) is 15.8. The van der Waals surface area contributed by atoms with E-state index in [2.05, 4.69) is 15.1 Å². The summed E-state index contributed by atoms with van der Waals surface area (Å²) in [5.74, 6) is 2.86. The van der Waals surface area contributed by atoms with E-state index in [1.165, 1.54) is 18.4 Å². The average molecular weight is 692 g/mol. The second-order valence-electron chi connectivity index (χ2n) is 13.3. The maximum Gasteiger partial charge on any atom is 0.410 e. The predicted octanol–water partition coefficient (Wildman–Crippen LogP) is 7.56. The van der Waals surface area contributed by atoms with Gasteiger partial charge in [0.05, 0.1) is 17.6 Å². The lowest BCUT2D eigenvalue weighted by Gasteiger charge is -2.34. The van der Waals surface area contributed by atoms with Crippen molar-refractivity contribution in [1.29, 1.82) is 0 Å². The van der Waals surface area contributed by atoms with Gasteiger partial charge in [-0.2, -0.15) is 5.10 Å². The molecule has 0 atom stereocenters. The number of rotatable bonds is 10. The normalized spacial score (nSPS) is 20.0. The smallest absolute Gasteiger partial charge is 0.410 e. The van der Waals surface area contributed by atoms with Crippen LogP contribution in [-0.4, -0.2) is 77.9 Å². The van der Waals surface area contributed by atoms with Gasteiger partial charge in [-0.25, -0.2) is 29.4 Å².